The lowest BCUT2D eigenvalue weighted by Gasteiger charge is -2.23. The van der Waals surface area contributed by atoms with E-state index in [0.29, 0.717) is 16.6 Å². The fourth-order valence-electron chi connectivity index (χ4n) is 1.16. The molecule has 0 amide bonds. The topological polar surface area (TPSA) is 42.1 Å². The molecule has 82 valence electrons. The minimum absolute atomic E-state index is 0.0595. The third-order valence-electron chi connectivity index (χ3n) is 2.35. The van der Waals surface area contributed by atoms with Crippen molar-refractivity contribution in [3.05, 3.63) is 29.0 Å². The second kappa shape index (κ2) is 5.39. The molecule has 1 rings (SSSR count). The summed E-state index contributed by atoms with van der Waals surface area (Å²) in [6.07, 6.45) is 3.36. The maximum absolute atomic E-state index is 6.00. The Balaban J connectivity index is 2.70. The van der Waals surface area contributed by atoms with Crippen LogP contribution >= 0.6 is 23.8 Å². The molecular formula is C10H14ClN3S. The molecule has 0 aliphatic rings. The Morgan fingerprint density at radius 3 is 2.93 bits per heavy atom. The molecule has 0 saturated heterocycles. The molecule has 5 heteroatoms. The number of aromatic nitrogens is 1. The average Bonchev–Trinajstić information content (AvgIpc) is 2.20. The van der Waals surface area contributed by atoms with Gasteiger partial charge in [0.1, 0.15) is 0 Å². The quantitative estimate of drug-likeness (QED) is 0.820. The van der Waals surface area contributed by atoms with Crippen LogP contribution in [0.15, 0.2) is 18.5 Å². The molecule has 1 heterocycles. The van der Waals surface area contributed by atoms with Crippen LogP contribution in [0.2, 0.25) is 5.02 Å². The lowest BCUT2D eigenvalue weighted by Crippen LogP contribution is -2.38. The predicted octanol–water partition coefficient (Wildman–Crippen LogP) is 1.84. The van der Waals surface area contributed by atoms with E-state index in [0.717, 1.165) is 5.56 Å². The zero-order valence-electron chi connectivity index (χ0n) is 8.77. The van der Waals surface area contributed by atoms with Crippen molar-refractivity contribution in [2.45, 2.75) is 19.5 Å². The number of thiocarbonyl (C=S) groups is 1. The molecule has 0 bridgehead atoms. The van der Waals surface area contributed by atoms with E-state index in [2.05, 4.69) is 4.98 Å². The highest BCUT2D eigenvalue weighted by atomic mass is 35.5. The van der Waals surface area contributed by atoms with Gasteiger partial charge in [-0.3, -0.25) is 9.88 Å². The molecule has 2 N–H and O–H groups in total. The number of pyridine rings is 1. The first-order valence-electron chi connectivity index (χ1n) is 4.60. The molecule has 0 spiro atoms. The van der Waals surface area contributed by atoms with Gasteiger partial charge < -0.3 is 5.73 Å². The van der Waals surface area contributed by atoms with E-state index >= 15 is 0 Å². The average molecular weight is 244 g/mol. The van der Waals surface area contributed by atoms with E-state index in [9.17, 15) is 0 Å². The maximum Gasteiger partial charge on any atom is 0.0899 e. The molecular weight excluding hydrogens is 230 g/mol. The second-order valence-corrected chi connectivity index (χ2v) is 4.34. The van der Waals surface area contributed by atoms with Crippen LogP contribution < -0.4 is 5.73 Å². The van der Waals surface area contributed by atoms with Crippen molar-refractivity contribution in [1.29, 1.82) is 0 Å². The third-order valence-corrected chi connectivity index (χ3v) is 3.03. The minimum Gasteiger partial charge on any atom is -0.392 e. The van der Waals surface area contributed by atoms with Crippen LogP contribution in [0.5, 0.6) is 0 Å². The Hall–Kier alpha value is -0.710. The minimum atomic E-state index is 0.0595. The first kappa shape index (κ1) is 12.4. The van der Waals surface area contributed by atoms with E-state index in [-0.39, 0.29) is 6.04 Å². The SMILES string of the molecule is CC(C(N)=S)N(C)Cc1ccncc1Cl. The van der Waals surface area contributed by atoms with Gasteiger partial charge in [-0.15, -0.1) is 0 Å². The van der Waals surface area contributed by atoms with Gasteiger partial charge in [-0.1, -0.05) is 23.8 Å². The summed E-state index contributed by atoms with van der Waals surface area (Å²) in [6, 6.07) is 1.95. The van der Waals surface area contributed by atoms with Gasteiger partial charge in [0.15, 0.2) is 0 Å². The lowest BCUT2D eigenvalue weighted by molar-refractivity contribution is 0.304. The van der Waals surface area contributed by atoms with Crippen LogP contribution in [0.3, 0.4) is 0 Å². The van der Waals surface area contributed by atoms with Crippen molar-refractivity contribution in [3.8, 4) is 0 Å². The van der Waals surface area contributed by atoms with Gasteiger partial charge in [0, 0.05) is 18.9 Å². The maximum atomic E-state index is 6.00. The fourth-order valence-corrected chi connectivity index (χ4v) is 1.51. The Kier molecular flexibility index (Phi) is 4.45. The molecule has 1 unspecified atom stereocenters. The third kappa shape index (κ3) is 3.41. The smallest absolute Gasteiger partial charge is 0.0899 e. The molecule has 0 aliphatic carbocycles. The van der Waals surface area contributed by atoms with Crippen molar-refractivity contribution >= 4 is 28.8 Å². The highest BCUT2D eigenvalue weighted by molar-refractivity contribution is 7.80. The molecule has 1 aromatic rings. The Bertz CT molecular complexity index is 356. The monoisotopic (exact) mass is 243 g/mol. The van der Waals surface area contributed by atoms with Crippen LogP contribution in [0, 0.1) is 0 Å². The molecule has 0 aromatic carbocycles. The van der Waals surface area contributed by atoms with Gasteiger partial charge in [0.05, 0.1) is 16.1 Å². The van der Waals surface area contributed by atoms with Crippen molar-refractivity contribution in [1.82, 2.24) is 9.88 Å². The number of likely N-dealkylation sites (N-methyl/N-ethyl adjacent to an activating group) is 1. The lowest BCUT2D eigenvalue weighted by atomic mass is 10.2. The molecule has 0 fully saturated rings. The first-order valence-corrected chi connectivity index (χ1v) is 5.39. The van der Waals surface area contributed by atoms with Crippen LogP contribution in [0.1, 0.15) is 12.5 Å². The van der Waals surface area contributed by atoms with Crippen LogP contribution in [-0.4, -0.2) is 28.0 Å². The zero-order chi connectivity index (χ0) is 11.4. The first-order chi connectivity index (χ1) is 7.02. The number of nitrogens with two attached hydrogens (primary N) is 1. The molecule has 15 heavy (non-hydrogen) atoms. The predicted molar refractivity (Wildman–Crippen MR) is 67.0 cm³/mol. The van der Waals surface area contributed by atoms with Crippen molar-refractivity contribution in [2.24, 2.45) is 5.73 Å². The fraction of sp³-hybridized carbons (Fsp3) is 0.400. The Labute approximate surface area is 100 Å². The summed E-state index contributed by atoms with van der Waals surface area (Å²) in [7, 11) is 1.96. The van der Waals surface area contributed by atoms with Gasteiger partial charge in [-0.05, 0) is 25.6 Å². The van der Waals surface area contributed by atoms with E-state index < -0.39 is 0 Å². The van der Waals surface area contributed by atoms with Crippen molar-refractivity contribution in [3.63, 3.8) is 0 Å². The summed E-state index contributed by atoms with van der Waals surface area (Å²) < 4.78 is 0. The van der Waals surface area contributed by atoms with Crippen LogP contribution in [0.4, 0.5) is 0 Å². The summed E-state index contributed by atoms with van der Waals surface area (Å²) in [6.45, 7) is 2.68. The normalized spacial score (nSPS) is 12.8. The van der Waals surface area contributed by atoms with E-state index in [1.165, 1.54) is 0 Å². The van der Waals surface area contributed by atoms with Crippen LogP contribution in [0.25, 0.3) is 0 Å². The van der Waals surface area contributed by atoms with Crippen molar-refractivity contribution < 1.29 is 0 Å². The van der Waals surface area contributed by atoms with Gasteiger partial charge in [0.2, 0.25) is 0 Å². The Morgan fingerprint density at radius 1 is 1.73 bits per heavy atom. The number of rotatable bonds is 4. The molecule has 0 radical (unpaired) electrons. The standard InChI is InChI=1S/C10H14ClN3S/c1-7(10(12)15)14(2)6-8-3-4-13-5-9(8)11/h3-5,7H,6H2,1-2H3,(H2,12,15). The summed E-state index contributed by atoms with van der Waals surface area (Å²) in [5.74, 6) is 0. The number of halogens is 1. The van der Waals surface area contributed by atoms with Gasteiger partial charge in [-0.25, -0.2) is 0 Å². The molecule has 0 saturated carbocycles. The largest absolute Gasteiger partial charge is 0.392 e. The van der Waals surface area contributed by atoms with Gasteiger partial charge in [0.25, 0.3) is 0 Å². The number of nitrogens with zero attached hydrogens (tertiary/aromatic N) is 2. The summed E-state index contributed by atoms with van der Waals surface area (Å²) in [5.41, 5.74) is 6.60. The highest BCUT2D eigenvalue weighted by Crippen LogP contribution is 2.15. The van der Waals surface area contributed by atoms with Crippen LogP contribution in [-0.2, 0) is 6.54 Å². The highest BCUT2D eigenvalue weighted by Gasteiger charge is 2.13. The Morgan fingerprint density at radius 2 is 2.40 bits per heavy atom. The second-order valence-electron chi connectivity index (χ2n) is 3.46. The zero-order valence-corrected chi connectivity index (χ0v) is 10.3. The molecule has 0 aliphatic heterocycles. The van der Waals surface area contributed by atoms with Gasteiger partial charge in [-0.2, -0.15) is 0 Å². The summed E-state index contributed by atoms with van der Waals surface area (Å²) >= 11 is 10.9. The molecule has 3 nitrogen and oxygen atoms in total. The number of hydrogen-bond acceptors (Lipinski definition) is 3. The van der Waals surface area contributed by atoms with E-state index in [4.69, 9.17) is 29.6 Å². The molecule has 1 atom stereocenters. The van der Waals surface area contributed by atoms with Gasteiger partial charge >= 0.3 is 0 Å². The van der Waals surface area contributed by atoms with E-state index in [1.807, 2.05) is 24.9 Å². The summed E-state index contributed by atoms with van der Waals surface area (Å²) in [5, 5.41) is 0.666. The summed E-state index contributed by atoms with van der Waals surface area (Å²) in [4.78, 5) is 6.47. The number of hydrogen-bond donors (Lipinski definition) is 1. The van der Waals surface area contributed by atoms with Crippen molar-refractivity contribution in [2.75, 3.05) is 7.05 Å². The van der Waals surface area contributed by atoms with E-state index in [1.54, 1.807) is 12.4 Å². The molecule has 1 aromatic heterocycles.